The van der Waals surface area contributed by atoms with Crippen LogP contribution in [0.25, 0.3) is 17.0 Å². The summed E-state index contributed by atoms with van der Waals surface area (Å²) >= 11 is 0. The minimum absolute atomic E-state index is 0. The summed E-state index contributed by atoms with van der Waals surface area (Å²) in [7, 11) is 2.05. The first-order chi connectivity index (χ1) is 20.0. The molecule has 1 aliphatic heterocycles. The van der Waals surface area contributed by atoms with Gasteiger partial charge in [-0.2, -0.15) is 12.7 Å². The summed E-state index contributed by atoms with van der Waals surface area (Å²) in [5, 5.41) is 0. The molecule has 0 unspecified atom stereocenters. The van der Waals surface area contributed by atoms with E-state index in [0.717, 1.165) is 39.8 Å². The van der Waals surface area contributed by atoms with Gasteiger partial charge in [0, 0.05) is 55.8 Å². The molecule has 4 heterocycles. The number of fused-ring (bicyclic) bond motifs is 2. The normalized spacial score (nSPS) is 13.2. The SMILES string of the molecule is CC(C)c1nc2cc(Oc3[c-]c(N4[CH-]N(C)c5ccccc54)ccc3)[c-]c(-c3cc(C(C)(C)C)ccn3)n2c1C(C)C.[Pt]. The van der Waals surface area contributed by atoms with Gasteiger partial charge >= 0.3 is 0 Å². The van der Waals surface area contributed by atoms with Crippen molar-refractivity contribution in [3.8, 4) is 22.9 Å². The van der Waals surface area contributed by atoms with E-state index < -0.39 is 0 Å². The maximum absolute atomic E-state index is 6.48. The second kappa shape index (κ2) is 11.8. The van der Waals surface area contributed by atoms with Crippen molar-refractivity contribution in [3.05, 3.63) is 103 Å². The molecule has 0 N–H and O–H groups in total. The molecule has 3 aromatic heterocycles. The molecule has 0 saturated heterocycles. The van der Waals surface area contributed by atoms with Crippen LogP contribution in [-0.2, 0) is 26.5 Å². The van der Waals surface area contributed by atoms with Gasteiger partial charge in [-0.25, -0.2) is 4.98 Å². The second-order valence-electron chi connectivity index (χ2n) is 12.6. The molecule has 7 heteroatoms. The van der Waals surface area contributed by atoms with E-state index in [9.17, 15) is 0 Å². The van der Waals surface area contributed by atoms with Gasteiger partial charge in [-0.15, -0.1) is 30.0 Å². The Labute approximate surface area is 270 Å². The van der Waals surface area contributed by atoms with Crippen LogP contribution in [0.2, 0.25) is 0 Å². The van der Waals surface area contributed by atoms with Gasteiger partial charge in [0.2, 0.25) is 0 Å². The molecule has 0 bridgehead atoms. The number of benzene rings is 2. The Balaban J connectivity index is 0.00000368. The fourth-order valence-corrected chi connectivity index (χ4v) is 5.58. The maximum Gasteiger partial charge on any atom is 0.0834 e. The van der Waals surface area contributed by atoms with Crippen molar-refractivity contribution in [1.82, 2.24) is 14.4 Å². The standard InChI is InChI=1S/C36H38N5O.Pt/c1-23(2)34-35(24(3)4)41-32(29-18-25(16-17-37-29)36(5,6)7)20-28(21-33(41)38-34)42-27-13-11-12-26(19-27)40-22-39(8)30-14-9-10-15-31(30)40;/h9-18,21-24H,1-8H3;/q-3;. The zero-order chi connectivity index (χ0) is 29.8. The molecule has 226 valence electrons. The third kappa shape index (κ3) is 5.82. The van der Waals surface area contributed by atoms with Gasteiger partial charge < -0.3 is 23.9 Å². The van der Waals surface area contributed by atoms with Crippen molar-refractivity contribution >= 4 is 22.7 Å². The van der Waals surface area contributed by atoms with Gasteiger partial charge in [0.15, 0.2) is 0 Å². The van der Waals surface area contributed by atoms with E-state index in [1.807, 2.05) is 30.5 Å². The van der Waals surface area contributed by atoms with Crippen LogP contribution < -0.4 is 14.5 Å². The molecule has 0 atom stereocenters. The number of hydrogen-bond donors (Lipinski definition) is 0. The van der Waals surface area contributed by atoms with E-state index in [4.69, 9.17) is 14.7 Å². The van der Waals surface area contributed by atoms with Crippen molar-refractivity contribution in [2.75, 3.05) is 16.8 Å². The van der Waals surface area contributed by atoms with Gasteiger partial charge in [-0.3, -0.25) is 0 Å². The van der Waals surface area contributed by atoms with Gasteiger partial charge in [-0.1, -0.05) is 78.3 Å². The fraction of sp³-hybridized carbons (Fsp3) is 0.306. The number of aromatic nitrogens is 3. The zero-order valence-electron chi connectivity index (χ0n) is 26.0. The molecule has 0 spiro atoms. The Kier molecular flexibility index (Phi) is 8.46. The van der Waals surface area contributed by atoms with Crippen molar-refractivity contribution in [3.63, 3.8) is 0 Å². The number of pyridine rings is 2. The fourth-order valence-electron chi connectivity index (χ4n) is 5.58. The molecule has 0 fully saturated rings. The second-order valence-corrected chi connectivity index (χ2v) is 12.6. The van der Waals surface area contributed by atoms with Crippen LogP contribution in [0.4, 0.5) is 17.1 Å². The maximum atomic E-state index is 6.48. The number of anilines is 3. The van der Waals surface area contributed by atoms with E-state index in [1.54, 1.807) is 0 Å². The number of rotatable bonds is 6. The number of hydrogen-bond acceptors (Lipinski definition) is 5. The predicted octanol–water partition coefficient (Wildman–Crippen LogP) is 9.04. The van der Waals surface area contributed by atoms with E-state index in [2.05, 4.69) is 125 Å². The van der Waals surface area contributed by atoms with Crippen LogP contribution in [0.1, 0.15) is 77.3 Å². The van der Waals surface area contributed by atoms with E-state index in [-0.39, 0.29) is 38.3 Å². The first-order valence-electron chi connectivity index (χ1n) is 14.6. The third-order valence-electron chi connectivity index (χ3n) is 7.70. The first-order valence-corrected chi connectivity index (χ1v) is 14.6. The van der Waals surface area contributed by atoms with E-state index in [0.29, 0.717) is 11.5 Å². The van der Waals surface area contributed by atoms with Crippen LogP contribution in [0.3, 0.4) is 0 Å². The Morgan fingerprint density at radius 2 is 1.60 bits per heavy atom. The quantitative estimate of drug-likeness (QED) is 0.162. The average molecular weight is 752 g/mol. The smallest absolute Gasteiger partial charge is 0.0834 e. The van der Waals surface area contributed by atoms with Crippen molar-refractivity contribution in [1.29, 1.82) is 0 Å². The summed E-state index contributed by atoms with van der Waals surface area (Å²) in [6, 6.07) is 27.6. The Hall–Kier alpha value is -3.63. The molecule has 5 aromatic rings. The predicted molar refractivity (Wildman–Crippen MR) is 171 cm³/mol. The number of nitrogens with zero attached hydrogens (tertiary/aromatic N) is 5. The van der Waals surface area contributed by atoms with Crippen molar-refractivity contribution < 1.29 is 25.8 Å². The molecule has 0 aliphatic carbocycles. The van der Waals surface area contributed by atoms with Crippen molar-refractivity contribution in [2.45, 2.75) is 65.7 Å². The van der Waals surface area contributed by atoms with Gasteiger partial charge in [0.05, 0.1) is 11.3 Å². The van der Waals surface area contributed by atoms with Gasteiger partial charge in [-0.05, 0) is 53.9 Å². The molecular weight excluding hydrogens is 714 g/mol. The minimum atomic E-state index is -0.0154. The topological polar surface area (TPSA) is 45.9 Å². The summed E-state index contributed by atoms with van der Waals surface area (Å²) in [6.45, 7) is 17.5. The summed E-state index contributed by atoms with van der Waals surface area (Å²) < 4.78 is 8.70. The number of ether oxygens (including phenoxy) is 1. The van der Waals surface area contributed by atoms with Gasteiger partial charge in [0.1, 0.15) is 0 Å². The van der Waals surface area contributed by atoms with E-state index >= 15 is 0 Å². The monoisotopic (exact) mass is 751 g/mol. The molecule has 43 heavy (non-hydrogen) atoms. The van der Waals surface area contributed by atoms with Crippen molar-refractivity contribution in [2.24, 2.45) is 0 Å². The van der Waals surface area contributed by atoms with Crippen LogP contribution in [0.15, 0.2) is 66.9 Å². The molecule has 1 aliphatic rings. The minimum Gasteiger partial charge on any atom is -0.509 e. The van der Waals surface area contributed by atoms with Crippen LogP contribution in [0.5, 0.6) is 11.5 Å². The summed E-state index contributed by atoms with van der Waals surface area (Å²) in [5.74, 6) is 1.73. The number of para-hydroxylation sites is 2. The third-order valence-corrected chi connectivity index (χ3v) is 7.70. The average Bonchev–Trinajstić information content (AvgIpc) is 3.51. The Morgan fingerprint density at radius 3 is 2.30 bits per heavy atom. The zero-order valence-corrected chi connectivity index (χ0v) is 28.3. The van der Waals surface area contributed by atoms with Crippen LogP contribution in [-0.4, -0.2) is 21.4 Å². The number of imidazole rings is 1. The van der Waals surface area contributed by atoms with Crippen LogP contribution >= 0.6 is 0 Å². The first kappa shape index (κ1) is 30.8. The molecular formula is C36H38N5OPt-3. The Morgan fingerprint density at radius 1 is 0.860 bits per heavy atom. The summed E-state index contributed by atoms with van der Waals surface area (Å²) in [5.41, 5.74) is 9.13. The summed E-state index contributed by atoms with van der Waals surface area (Å²) in [6.07, 6.45) is 1.89. The molecule has 0 radical (unpaired) electrons. The molecule has 6 rings (SSSR count). The largest absolute Gasteiger partial charge is 0.509 e. The Bertz CT molecular complexity index is 1770. The van der Waals surface area contributed by atoms with Gasteiger partial charge in [0.25, 0.3) is 0 Å². The van der Waals surface area contributed by atoms with Crippen LogP contribution in [0, 0.1) is 18.8 Å². The molecule has 2 aromatic carbocycles. The molecule has 0 saturated carbocycles. The van der Waals surface area contributed by atoms with E-state index in [1.165, 1.54) is 11.3 Å². The molecule has 0 amide bonds. The summed E-state index contributed by atoms with van der Waals surface area (Å²) in [4.78, 5) is 14.2. The molecule has 6 nitrogen and oxygen atoms in total.